The third-order valence-corrected chi connectivity index (χ3v) is 1.50. The molecule has 1 unspecified atom stereocenters. The van der Waals surface area contributed by atoms with E-state index in [-0.39, 0.29) is 6.61 Å². The van der Waals surface area contributed by atoms with Crippen LogP contribution in [0.4, 0.5) is 0 Å². The SMILES string of the molecule is CC=CC(=O)OO[PH](=O)OCC. The summed E-state index contributed by atoms with van der Waals surface area (Å²) in [7, 11) is -2.68. The zero-order chi connectivity index (χ0) is 9.40. The smallest absolute Gasteiger partial charge is 0.309 e. The summed E-state index contributed by atoms with van der Waals surface area (Å²) in [5.74, 6) is -0.712. The molecule has 0 aromatic carbocycles. The summed E-state index contributed by atoms with van der Waals surface area (Å²) in [6, 6.07) is 0. The van der Waals surface area contributed by atoms with Crippen LogP contribution in [0, 0.1) is 0 Å². The van der Waals surface area contributed by atoms with E-state index in [4.69, 9.17) is 0 Å². The van der Waals surface area contributed by atoms with Crippen molar-refractivity contribution in [1.29, 1.82) is 0 Å². The first-order valence-electron chi connectivity index (χ1n) is 3.38. The molecule has 0 fully saturated rings. The summed E-state index contributed by atoms with van der Waals surface area (Å²) < 4.78 is 19.2. The largest absolute Gasteiger partial charge is 0.366 e. The second kappa shape index (κ2) is 7.03. The van der Waals surface area contributed by atoms with Crippen LogP contribution in [0.3, 0.4) is 0 Å². The van der Waals surface area contributed by atoms with Gasteiger partial charge in [0.25, 0.3) is 0 Å². The van der Waals surface area contributed by atoms with Crippen LogP contribution in [-0.2, 0) is 23.4 Å². The van der Waals surface area contributed by atoms with Crippen molar-refractivity contribution in [2.75, 3.05) is 6.61 Å². The molecule has 12 heavy (non-hydrogen) atoms. The lowest BCUT2D eigenvalue weighted by Gasteiger charge is -1.99. The van der Waals surface area contributed by atoms with Crippen molar-refractivity contribution >= 4 is 14.2 Å². The van der Waals surface area contributed by atoms with Gasteiger partial charge in [0.1, 0.15) is 0 Å². The van der Waals surface area contributed by atoms with E-state index in [9.17, 15) is 9.36 Å². The van der Waals surface area contributed by atoms with Crippen LogP contribution in [0.15, 0.2) is 12.2 Å². The molecule has 0 spiro atoms. The molecule has 0 saturated heterocycles. The summed E-state index contributed by atoms with van der Waals surface area (Å²) in [6.45, 7) is 3.55. The molecule has 0 aromatic heterocycles. The maximum atomic E-state index is 10.6. The highest BCUT2D eigenvalue weighted by atomic mass is 31.1. The average Bonchev–Trinajstić information content (AvgIpc) is 2.02. The molecule has 70 valence electrons. The molecule has 0 N–H and O–H groups in total. The van der Waals surface area contributed by atoms with Crippen LogP contribution >= 0.6 is 8.25 Å². The van der Waals surface area contributed by atoms with Crippen molar-refractivity contribution in [2.45, 2.75) is 13.8 Å². The second-order valence-electron chi connectivity index (χ2n) is 1.67. The highest BCUT2D eigenvalue weighted by Crippen LogP contribution is 2.23. The highest BCUT2D eigenvalue weighted by Gasteiger charge is 2.02. The maximum Gasteiger partial charge on any atom is 0.366 e. The second-order valence-corrected chi connectivity index (χ2v) is 2.62. The summed E-state index contributed by atoms with van der Waals surface area (Å²) in [5.41, 5.74) is 0. The first kappa shape index (κ1) is 11.4. The number of carbonyl (C=O) groups excluding carboxylic acids is 1. The van der Waals surface area contributed by atoms with Crippen molar-refractivity contribution < 1.29 is 23.4 Å². The van der Waals surface area contributed by atoms with Gasteiger partial charge in [-0.15, -0.1) is 0 Å². The molecule has 5 nitrogen and oxygen atoms in total. The number of rotatable bonds is 5. The predicted molar refractivity (Wildman–Crippen MR) is 42.6 cm³/mol. The van der Waals surface area contributed by atoms with Gasteiger partial charge >= 0.3 is 14.2 Å². The molecule has 6 heteroatoms. The molecule has 0 aliphatic rings. The quantitative estimate of drug-likeness (QED) is 0.287. The Bertz CT molecular complexity index is 188. The fraction of sp³-hybridized carbons (Fsp3) is 0.500. The van der Waals surface area contributed by atoms with Gasteiger partial charge in [-0.3, -0.25) is 9.45 Å². The Morgan fingerprint density at radius 1 is 1.58 bits per heavy atom. The van der Waals surface area contributed by atoms with E-state index in [1.165, 1.54) is 6.08 Å². The van der Waals surface area contributed by atoms with E-state index in [0.29, 0.717) is 0 Å². The van der Waals surface area contributed by atoms with Gasteiger partial charge in [0.2, 0.25) is 0 Å². The third-order valence-electron chi connectivity index (χ3n) is 0.757. The number of allylic oxidation sites excluding steroid dienone is 1. The number of hydrogen-bond acceptors (Lipinski definition) is 5. The molecule has 0 aromatic rings. The topological polar surface area (TPSA) is 61.8 Å². The van der Waals surface area contributed by atoms with Crippen molar-refractivity contribution in [1.82, 2.24) is 0 Å². The van der Waals surface area contributed by atoms with Gasteiger partial charge in [-0.2, -0.15) is 0 Å². The minimum atomic E-state index is -2.68. The molecule has 1 atom stereocenters. The van der Waals surface area contributed by atoms with Crippen LogP contribution in [0.5, 0.6) is 0 Å². The average molecular weight is 194 g/mol. The molecule has 0 rings (SSSR count). The zero-order valence-corrected chi connectivity index (χ0v) is 7.90. The molecule has 0 aliphatic carbocycles. The van der Waals surface area contributed by atoms with Crippen molar-refractivity contribution in [3.05, 3.63) is 12.2 Å². The van der Waals surface area contributed by atoms with E-state index < -0.39 is 14.2 Å². The van der Waals surface area contributed by atoms with E-state index >= 15 is 0 Å². The van der Waals surface area contributed by atoms with Gasteiger partial charge in [-0.05, 0) is 13.8 Å². The summed E-state index contributed by atoms with van der Waals surface area (Å²) in [5, 5.41) is 0. The zero-order valence-electron chi connectivity index (χ0n) is 6.90. The van der Waals surface area contributed by atoms with E-state index in [1.54, 1.807) is 13.8 Å². The van der Waals surface area contributed by atoms with Crippen LogP contribution in [-0.4, -0.2) is 12.6 Å². The van der Waals surface area contributed by atoms with Crippen molar-refractivity contribution in [3.63, 3.8) is 0 Å². The van der Waals surface area contributed by atoms with Crippen LogP contribution in [0.1, 0.15) is 13.8 Å². The fourth-order valence-electron chi connectivity index (χ4n) is 0.381. The summed E-state index contributed by atoms with van der Waals surface area (Å²) in [4.78, 5) is 14.6. The Morgan fingerprint density at radius 3 is 2.75 bits per heavy atom. The van der Waals surface area contributed by atoms with Crippen LogP contribution in [0.25, 0.3) is 0 Å². The highest BCUT2D eigenvalue weighted by molar-refractivity contribution is 7.33. The third kappa shape index (κ3) is 6.09. The molecule has 0 aliphatic heterocycles. The summed E-state index contributed by atoms with van der Waals surface area (Å²) >= 11 is 0. The summed E-state index contributed by atoms with van der Waals surface area (Å²) in [6.07, 6.45) is 2.62. The van der Waals surface area contributed by atoms with Gasteiger partial charge in [-0.25, -0.2) is 4.79 Å². The van der Waals surface area contributed by atoms with E-state index in [0.717, 1.165) is 6.08 Å². The van der Waals surface area contributed by atoms with Gasteiger partial charge in [-0.1, -0.05) is 10.8 Å². The Kier molecular flexibility index (Phi) is 6.66. The van der Waals surface area contributed by atoms with Crippen molar-refractivity contribution in [2.24, 2.45) is 0 Å². The first-order chi connectivity index (χ1) is 5.70. The Hall–Kier alpha value is -0.640. The maximum absolute atomic E-state index is 10.6. The molecular formula is C6H11O5P. The monoisotopic (exact) mass is 194 g/mol. The Balaban J connectivity index is 3.54. The first-order valence-corrected chi connectivity index (χ1v) is 4.61. The van der Waals surface area contributed by atoms with E-state index in [1.807, 2.05) is 0 Å². The number of hydrogen-bond donors (Lipinski definition) is 0. The Morgan fingerprint density at radius 2 is 2.25 bits per heavy atom. The van der Waals surface area contributed by atoms with Crippen molar-refractivity contribution in [3.8, 4) is 0 Å². The molecule has 0 amide bonds. The predicted octanol–water partition coefficient (Wildman–Crippen LogP) is 1.46. The Labute approximate surface area is 71.2 Å². The molecular weight excluding hydrogens is 183 g/mol. The minimum Gasteiger partial charge on any atom is -0.309 e. The lowest BCUT2D eigenvalue weighted by atomic mass is 10.5. The van der Waals surface area contributed by atoms with Crippen LogP contribution < -0.4 is 0 Å². The molecule has 0 bridgehead atoms. The molecule has 0 heterocycles. The minimum absolute atomic E-state index is 0.249. The standard InChI is InChI=1S/C6H11O5P/c1-3-5-6(7)10-11-12(8)9-4-2/h3,5,12H,4H2,1-2H3. The van der Waals surface area contributed by atoms with Gasteiger partial charge in [0.05, 0.1) is 6.61 Å². The van der Waals surface area contributed by atoms with Gasteiger partial charge < -0.3 is 4.52 Å². The lowest BCUT2D eigenvalue weighted by Crippen LogP contribution is -1.97. The van der Waals surface area contributed by atoms with Gasteiger partial charge in [0.15, 0.2) is 0 Å². The fourth-order valence-corrected chi connectivity index (χ4v) is 0.815. The molecule has 0 radical (unpaired) electrons. The van der Waals surface area contributed by atoms with E-state index in [2.05, 4.69) is 14.1 Å². The molecule has 0 saturated carbocycles. The van der Waals surface area contributed by atoms with Gasteiger partial charge in [0, 0.05) is 6.08 Å². The lowest BCUT2D eigenvalue weighted by molar-refractivity contribution is -0.208. The van der Waals surface area contributed by atoms with Crippen LogP contribution in [0.2, 0.25) is 0 Å². The normalized spacial score (nSPS) is 13.2. The number of carbonyl (C=O) groups is 1.